The van der Waals surface area contributed by atoms with Gasteiger partial charge in [-0.15, -0.1) is 0 Å². The summed E-state index contributed by atoms with van der Waals surface area (Å²) in [5.41, 5.74) is 10.3. The normalized spacial score (nSPS) is 8.29. The zero-order valence-corrected chi connectivity index (χ0v) is 23.9. The topological polar surface area (TPSA) is 349 Å². The van der Waals surface area contributed by atoms with Gasteiger partial charge in [0.1, 0.15) is 6.04 Å². The van der Waals surface area contributed by atoms with Crippen LogP contribution < -0.4 is 47.4 Å². The molecule has 7 N–H and O–H groups in total. The summed E-state index contributed by atoms with van der Waals surface area (Å²) in [7, 11) is 0. The molecule has 0 aliphatic carbocycles. The molecule has 0 heterocycles. The molecule has 0 unspecified atom stereocenters. The second kappa shape index (κ2) is 51.3. The Morgan fingerprint density at radius 1 is 0.658 bits per heavy atom. The van der Waals surface area contributed by atoms with Crippen molar-refractivity contribution in [3.8, 4) is 0 Å². The van der Waals surface area contributed by atoms with Gasteiger partial charge in [-0.1, -0.05) is 12.2 Å². The maximum Gasteiger partial charge on any atom is 3.00 e. The molecule has 0 aromatic rings. The quantitative estimate of drug-likeness (QED) is 0.0975. The predicted octanol–water partition coefficient (Wildman–Crippen LogP) is -9.14. The van der Waals surface area contributed by atoms with Crippen LogP contribution in [0.5, 0.6) is 0 Å². The number of carboxylic acids is 6. The summed E-state index contributed by atoms with van der Waals surface area (Å²) in [6, 6.07) is -1.33. The van der Waals surface area contributed by atoms with Crippen LogP contribution in [0.25, 0.3) is 0 Å². The Labute approximate surface area is 241 Å². The van der Waals surface area contributed by atoms with E-state index in [1.54, 1.807) is 0 Å². The third kappa shape index (κ3) is 265. The van der Waals surface area contributed by atoms with E-state index in [0.29, 0.717) is 13.1 Å². The fraction of sp³-hybridized carbons (Fsp3) is 0.667. The van der Waals surface area contributed by atoms with Crippen molar-refractivity contribution >= 4 is 35.8 Å². The number of nitrogens with one attached hydrogen (secondary N) is 1. The molecule has 0 aliphatic rings. The Morgan fingerprint density at radius 3 is 0.895 bits per heavy atom. The van der Waals surface area contributed by atoms with Crippen LogP contribution in [0.2, 0.25) is 0 Å². The van der Waals surface area contributed by atoms with Crippen LogP contribution in [0.4, 0.5) is 0 Å². The first-order valence-corrected chi connectivity index (χ1v) is 9.54. The smallest absolute Gasteiger partial charge is 0.550 e. The van der Waals surface area contributed by atoms with Gasteiger partial charge in [0.25, 0.3) is 0 Å². The Morgan fingerprint density at radius 2 is 0.842 bits per heavy atom. The molecule has 0 amide bonds. The molecule has 0 aliphatic heterocycles. The van der Waals surface area contributed by atoms with Gasteiger partial charge in [-0.25, -0.2) is 0 Å². The molecule has 20 heteroatoms. The molecule has 2 radical (unpaired) electrons. The van der Waals surface area contributed by atoms with Crippen LogP contribution in [-0.4, -0.2) is 83.7 Å². The van der Waals surface area contributed by atoms with Crippen LogP contribution >= 0.6 is 0 Å². The molecule has 0 saturated heterocycles. The van der Waals surface area contributed by atoms with Gasteiger partial charge in [-0.05, 0) is 41.0 Å². The fourth-order valence-electron chi connectivity index (χ4n) is 0.753. The molecule has 18 nitrogen and oxygen atoms in total. The van der Waals surface area contributed by atoms with Crippen molar-refractivity contribution in [3.63, 3.8) is 0 Å². The average Bonchev–Trinajstić information content (AvgIpc) is 2.60. The fourth-order valence-corrected chi connectivity index (χ4v) is 0.753. The number of rotatable bonds is 7. The number of hydrogen-bond donors (Lipinski definition) is 5. The number of aliphatic carboxylic acids is 6. The molecule has 1 atom stereocenters. The van der Waals surface area contributed by atoms with Crippen LogP contribution in [0.15, 0.2) is 0 Å². The maximum absolute atomic E-state index is 9.90. The molecular formula is C18H36Fe2N4O14. The Balaban J connectivity index is -0.0000000377. The predicted molar refractivity (Wildman–Crippen MR) is 109 cm³/mol. The molecule has 0 aromatic heterocycles. The number of carboxylic acid groups (broad SMARTS) is 6. The van der Waals surface area contributed by atoms with E-state index in [4.69, 9.17) is 71.4 Å². The zero-order valence-electron chi connectivity index (χ0n) is 21.7. The summed E-state index contributed by atoms with van der Waals surface area (Å²) in [5, 5.41) is 73.3. The molecule has 0 aromatic carbocycles. The van der Waals surface area contributed by atoms with E-state index >= 15 is 0 Å². The number of hydrogen-bond acceptors (Lipinski definition) is 18. The molecule has 0 fully saturated rings. The number of hydroxylamine groups is 2. The van der Waals surface area contributed by atoms with Crippen molar-refractivity contribution in [2.45, 2.75) is 54.0 Å². The standard InChI is InChI=1S/C4H13N3.C4H9NO4.5C2H4O2.2Fe/c5-1-3-7-4-2-6;1-2-3(4(6)7)5(8)9;5*1-2(3)4;;/h7H,1-6H2;3,8-9H,2H2,1H3,(H,6,7);5*1H3,(H,3,4);;/q;;;;;;;2*+3/p-6/t;3-;;;;;;;/m.0......./s1. The minimum absolute atomic E-state index is 0. The number of nitrogens with zero attached hydrogens (tertiary/aromatic N) is 1. The first kappa shape index (κ1) is 60.2. The van der Waals surface area contributed by atoms with Gasteiger partial charge < -0.3 is 76.2 Å². The van der Waals surface area contributed by atoms with E-state index in [9.17, 15) is 9.90 Å². The molecule has 0 rings (SSSR count). The first-order chi connectivity index (χ1) is 16.2. The minimum atomic E-state index is -1.50. The van der Waals surface area contributed by atoms with E-state index in [1.165, 1.54) is 6.92 Å². The number of carbonyl (C=O) groups excluding carboxylic acids is 6. The molecular weight excluding hydrogens is 608 g/mol. The van der Waals surface area contributed by atoms with Crippen LogP contribution in [0.3, 0.4) is 0 Å². The van der Waals surface area contributed by atoms with E-state index in [1.807, 2.05) is 0 Å². The Bertz CT molecular complexity index is 478. The van der Waals surface area contributed by atoms with E-state index in [-0.39, 0.29) is 45.8 Å². The van der Waals surface area contributed by atoms with Crippen LogP contribution in [0, 0.1) is 0 Å². The van der Waals surface area contributed by atoms with Gasteiger partial charge in [0.15, 0.2) is 0 Å². The summed E-state index contributed by atoms with van der Waals surface area (Å²) >= 11 is 0. The Kier molecular flexibility index (Phi) is 81.3. The maximum atomic E-state index is 9.90. The Hall–Kier alpha value is -2.38. The van der Waals surface area contributed by atoms with Gasteiger partial charge >= 0.3 is 34.1 Å². The molecule has 0 saturated carbocycles. The largest absolute Gasteiger partial charge is 3.00 e. The van der Waals surface area contributed by atoms with Gasteiger partial charge in [-0.3, -0.25) is 10.4 Å². The van der Waals surface area contributed by atoms with Gasteiger partial charge in [0, 0.05) is 56.0 Å². The second-order valence-corrected chi connectivity index (χ2v) is 5.35. The molecule has 0 bridgehead atoms. The number of nitrogens with two attached hydrogens (primary N) is 2. The number of carbonyl (C=O) groups is 6. The van der Waals surface area contributed by atoms with Crippen molar-refractivity contribution < 1.29 is 104 Å². The summed E-state index contributed by atoms with van der Waals surface area (Å²) in [6.07, 6.45) is 0.0926. The third-order valence-electron chi connectivity index (χ3n) is 1.58. The summed E-state index contributed by atoms with van der Waals surface area (Å²) in [5.74, 6) is -6.91. The summed E-state index contributed by atoms with van der Waals surface area (Å²) < 4.78 is 0. The zero-order chi connectivity index (χ0) is 30.9. The average molecular weight is 644 g/mol. The minimum Gasteiger partial charge on any atom is -0.550 e. The molecule has 0 spiro atoms. The van der Waals surface area contributed by atoms with Gasteiger partial charge in [0.05, 0.1) is 5.97 Å². The van der Waals surface area contributed by atoms with E-state index in [2.05, 4.69) is 5.32 Å². The SMILES string of the molecule is CC(=O)[O-].CC(=O)[O-].CC(=O)[O-].CC(=O)[O-].CC(=O)[O-].CC[C@@H](C(=O)[O-])N(O)O.NCCNCCN.[Fe+3].[Fe+3]. The first-order valence-electron chi connectivity index (χ1n) is 9.54. The molecule has 228 valence electrons. The van der Waals surface area contributed by atoms with Crippen molar-refractivity contribution in [3.05, 3.63) is 0 Å². The van der Waals surface area contributed by atoms with E-state index in [0.717, 1.165) is 47.7 Å². The summed E-state index contributed by atoms with van der Waals surface area (Å²) in [4.78, 5) is 54.3. The summed E-state index contributed by atoms with van der Waals surface area (Å²) in [6.45, 7) is 9.49. The van der Waals surface area contributed by atoms with Crippen LogP contribution in [-0.2, 0) is 62.9 Å². The van der Waals surface area contributed by atoms with E-state index < -0.39 is 41.9 Å². The van der Waals surface area contributed by atoms with Crippen molar-refractivity contribution in [2.75, 3.05) is 26.2 Å². The van der Waals surface area contributed by atoms with Crippen LogP contribution in [0.1, 0.15) is 48.0 Å². The monoisotopic (exact) mass is 644 g/mol. The third-order valence-corrected chi connectivity index (χ3v) is 1.58. The van der Waals surface area contributed by atoms with Crippen molar-refractivity contribution in [1.29, 1.82) is 0 Å². The van der Waals surface area contributed by atoms with Gasteiger partial charge in [-0.2, -0.15) is 0 Å². The molecule has 38 heavy (non-hydrogen) atoms. The second-order valence-electron chi connectivity index (χ2n) is 5.35. The van der Waals surface area contributed by atoms with Gasteiger partial charge in [0.2, 0.25) is 0 Å². The van der Waals surface area contributed by atoms with Crippen molar-refractivity contribution in [2.24, 2.45) is 11.5 Å². The van der Waals surface area contributed by atoms with Crippen molar-refractivity contribution in [1.82, 2.24) is 10.5 Å².